The summed E-state index contributed by atoms with van der Waals surface area (Å²) in [6.07, 6.45) is 2.78. The van der Waals surface area contributed by atoms with Gasteiger partial charge in [-0.3, -0.25) is 4.79 Å². The van der Waals surface area contributed by atoms with Gasteiger partial charge in [-0.25, -0.2) is 0 Å². The smallest absolute Gasteiger partial charge is 0.240 e. The quantitative estimate of drug-likeness (QED) is 0.694. The van der Waals surface area contributed by atoms with E-state index in [2.05, 4.69) is 0 Å². The van der Waals surface area contributed by atoms with Crippen LogP contribution in [-0.2, 0) is 9.53 Å². The van der Waals surface area contributed by atoms with Gasteiger partial charge in [0.1, 0.15) is 5.38 Å². The molecule has 1 atom stereocenters. The zero-order chi connectivity index (χ0) is 11.3. The first-order chi connectivity index (χ1) is 7.19. The van der Waals surface area contributed by atoms with Crippen LogP contribution in [0, 0.1) is 5.92 Å². The summed E-state index contributed by atoms with van der Waals surface area (Å²) >= 11 is 5.93. The van der Waals surface area contributed by atoms with Crippen LogP contribution in [0.25, 0.3) is 0 Å². The Kier molecular flexibility index (Phi) is 5.40. The fourth-order valence-electron chi connectivity index (χ4n) is 1.93. The molecule has 0 unspecified atom stereocenters. The highest BCUT2D eigenvalue weighted by Gasteiger charge is 2.25. The lowest BCUT2D eigenvalue weighted by molar-refractivity contribution is -0.132. The van der Waals surface area contributed by atoms with Crippen LogP contribution in [-0.4, -0.2) is 43.0 Å². The van der Waals surface area contributed by atoms with E-state index in [1.54, 1.807) is 7.11 Å². The number of hydrogen-bond donors (Lipinski definition) is 0. The van der Waals surface area contributed by atoms with Crippen molar-refractivity contribution in [3.8, 4) is 0 Å². The summed E-state index contributed by atoms with van der Waals surface area (Å²) in [4.78, 5) is 13.6. The first-order valence-electron chi connectivity index (χ1n) is 5.60. The number of alkyl halides is 1. The molecular weight excluding hydrogens is 214 g/mol. The molecule has 1 aliphatic rings. The van der Waals surface area contributed by atoms with Gasteiger partial charge in [-0.05, 0) is 25.2 Å². The molecule has 1 heterocycles. The third-order valence-corrected chi connectivity index (χ3v) is 3.45. The second kappa shape index (κ2) is 6.33. The van der Waals surface area contributed by atoms with Crippen LogP contribution < -0.4 is 0 Å². The van der Waals surface area contributed by atoms with Crippen LogP contribution in [0.4, 0.5) is 0 Å². The number of likely N-dealkylation sites (tertiary alicyclic amines) is 1. The van der Waals surface area contributed by atoms with Gasteiger partial charge in [0.15, 0.2) is 0 Å². The van der Waals surface area contributed by atoms with Gasteiger partial charge in [0.2, 0.25) is 5.91 Å². The Morgan fingerprint density at radius 1 is 1.53 bits per heavy atom. The summed E-state index contributed by atoms with van der Waals surface area (Å²) in [6.45, 7) is 4.40. The number of carbonyl (C=O) groups is 1. The highest BCUT2D eigenvalue weighted by Crippen LogP contribution is 2.19. The van der Waals surface area contributed by atoms with Gasteiger partial charge >= 0.3 is 0 Å². The molecule has 1 aliphatic heterocycles. The topological polar surface area (TPSA) is 29.5 Å². The molecule has 0 aromatic rings. The van der Waals surface area contributed by atoms with Crippen LogP contribution in [0.1, 0.15) is 26.2 Å². The summed E-state index contributed by atoms with van der Waals surface area (Å²) in [5.74, 6) is 0.699. The fourth-order valence-corrected chi connectivity index (χ4v) is 2.07. The zero-order valence-corrected chi connectivity index (χ0v) is 10.3. The molecule has 0 aromatic carbocycles. The van der Waals surface area contributed by atoms with Crippen LogP contribution in [0.15, 0.2) is 0 Å². The van der Waals surface area contributed by atoms with E-state index in [4.69, 9.17) is 16.3 Å². The predicted octanol–water partition coefficient (Wildman–Crippen LogP) is 1.89. The Balaban J connectivity index is 2.33. The Labute approximate surface area is 96.7 Å². The molecule has 0 radical (unpaired) electrons. The lowest BCUT2D eigenvalue weighted by Gasteiger charge is -2.32. The van der Waals surface area contributed by atoms with E-state index in [9.17, 15) is 4.79 Å². The first kappa shape index (κ1) is 12.8. The van der Waals surface area contributed by atoms with E-state index >= 15 is 0 Å². The average molecular weight is 234 g/mol. The number of amides is 1. The predicted molar refractivity (Wildman–Crippen MR) is 61.1 cm³/mol. The second-order valence-electron chi connectivity index (χ2n) is 4.10. The second-order valence-corrected chi connectivity index (χ2v) is 4.63. The van der Waals surface area contributed by atoms with E-state index in [-0.39, 0.29) is 11.3 Å². The summed E-state index contributed by atoms with van der Waals surface area (Å²) in [7, 11) is 1.73. The number of carbonyl (C=O) groups excluding carboxylic acids is 1. The molecule has 1 fully saturated rings. The summed E-state index contributed by atoms with van der Waals surface area (Å²) in [6, 6.07) is 0. The average Bonchev–Trinajstić information content (AvgIpc) is 2.28. The molecule has 1 amide bonds. The lowest BCUT2D eigenvalue weighted by Crippen LogP contribution is -2.42. The number of piperidine rings is 1. The minimum absolute atomic E-state index is 0.0926. The SMILES string of the molecule is CC[C@@H](Cl)C(=O)N1CCC(COC)CC1. The van der Waals surface area contributed by atoms with E-state index in [1.807, 2.05) is 11.8 Å². The fraction of sp³-hybridized carbons (Fsp3) is 0.909. The monoisotopic (exact) mass is 233 g/mol. The van der Waals surface area contributed by atoms with Gasteiger partial charge in [-0.1, -0.05) is 6.92 Å². The number of nitrogens with zero attached hydrogens (tertiary/aromatic N) is 1. The minimum atomic E-state index is -0.344. The molecule has 0 aliphatic carbocycles. The van der Waals surface area contributed by atoms with Crippen LogP contribution in [0.2, 0.25) is 0 Å². The van der Waals surface area contributed by atoms with Gasteiger partial charge in [-0.2, -0.15) is 0 Å². The molecule has 4 heteroatoms. The lowest BCUT2D eigenvalue weighted by atomic mass is 9.97. The van der Waals surface area contributed by atoms with Crippen molar-refractivity contribution in [1.29, 1.82) is 0 Å². The van der Waals surface area contributed by atoms with Crippen molar-refractivity contribution < 1.29 is 9.53 Å². The standard InChI is InChI=1S/C11H20ClNO2/c1-3-10(12)11(14)13-6-4-9(5-7-13)8-15-2/h9-10H,3-8H2,1-2H3/t10-/m1/s1. The molecule has 0 N–H and O–H groups in total. The van der Waals surface area contributed by atoms with Gasteiger partial charge < -0.3 is 9.64 Å². The maximum absolute atomic E-state index is 11.8. The third-order valence-electron chi connectivity index (χ3n) is 2.95. The van der Waals surface area contributed by atoms with Gasteiger partial charge in [0, 0.05) is 26.8 Å². The summed E-state index contributed by atoms with van der Waals surface area (Å²) in [5.41, 5.74) is 0. The molecule has 0 spiro atoms. The number of rotatable bonds is 4. The van der Waals surface area contributed by atoms with E-state index in [1.165, 1.54) is 0 Å². The minimum Gasteiger partial charge on any atom is -0.384 e. The molecule has 88 valence electrons. The van der Waals surface area contributed by atoms with Crippen molar-refractivity contribution in [2.75, 3.05) is 26.8 Å². The Morgan fingerprint density at radius 3 is 2.60 bits per heavy atom. The largest absolute Gasteiger partial charge is 0.384 e. The zero-order valence-electron chi connectivity index (χ0n) is 9.54. The van der Waals surface area contributed by atoms with E-state index in [0.717, 1.165) is 32.5 Å². The molecular formula is C11H20ClNO2. The van der Waals surface area contributed by atoms with Crippen molar-refractivity contribution >= 4 is 17.5 Å². The maximum atomic E-state index is 11.8. The summed E-state index contributed by atoms with van der Waals surface area (Å²) in [5, 5.41) is -0.344. The Morgan fingerprint density at radius 2 is 2.13 bits per heavy atom. The molecule has 0 aromatic heterocycles. The van der Waals surface area contributed by atoms with Crippen LogP contribution in [0.5, 0.6) is 0 Å². The number of ether oxygens (including phenoxy) is 1. The molecule has 0 bridgehead atoms. The van der Waals surface area contributed by atoms with Crippen molar-refractivity contribution in [2.24, 2.45) is 5.92 Å². The number of methoxy groups -OCH3 is 1. The molecule has 15 heavy (non-hydrogen) atoms. The van der Waals surface area contributed by atoms with E-state index < -0.39 is 0 Å². The highest BCUT2D eigenvalue weighted by molar-refractivity contribution is 6.30. The molecule has 0 saturated carbocycles. The highest BCUT2D eigenvalue weighted by atomic mass is 35.5. The maximum Gasteiger partial charge on any atom is 0.240 e. The van der Waals surface area contributed by atoms with E-state index in [0.29, 0.717) is 12.3 Å². The van der Waals surface area contributed by atoms with Crippen LogP contribution in [0.3, 0.4) is 0 Å². The third kappa shape index (κ3) is 3.65. The molecule has 1 saturated heterocycles. The van der Waals surface area contributed by atoms with Gasteiger partial charge in [0.05, 0.1) is 0 Å². The number of hydrogen-bond acceptors (Lipinski definition) is 2. The first-order valence-corrected chi connectivity index (χ1v) is 6.04. The molecule has 3 nitrogen and oxygen atoms in total. The Bertz CT molecular complexity index is 203. The summed E-state index contributed by atoms with van der Waals surface area (Å²) < 4.78 is 5.12. The van der Waals surface area contributed by atoms with Crippen LogP contribution >= 0.6 is 11.6 Å². The van der Waals surface area contributed by atoms with Crippen molar-refractivity contribution in [3.05, 3.63) is 0 Å². The number of halogens is 1. The van der Waals surface area contributed by atoms with Crippen molar-refractivity contribution in [1.82, 2.24) is 4.90 Å². The normalized spacial score (nSPS) is 20.3. The van der Waals surface area contributed by atoms with Crippen molar-refractivity contribution in [2.45, 2.75) is 31.6 Å². The Hall–Kier alpha value is -0.280. The molecule has 1 rings (SSSR count). The van der Waals surface area contributed by atoms with Gasteiger partial charge in [0.25, 0.3) is 0 Å². The van der Waals surface area contributed by atoms with Crippen molar-refractivity contribution in [3.63, 3.8) is 0 Å². The van der Waals surface area contributed by atoms with Gasteiger partial charge in [-0.15, -0.1) is 11.6 Å².